The molecule has 2 aromatic carbocycles. The maximum atomic E-state index is 14.2. The van der Waals surface area contributed by atoms with Crippen molar-refractivity contribution >= 4 is 23.8 Å². The molecular formula is C20H15F2N3O4. The highest BCUT2D eigenvalue weighted by atomic mass is 19.1. The molecule has 0 unspecified atom stereocenters. The molecule has 0 saturated carbocycles. The molecule has 0 aliphatic carbocycles. The Labute approximate surface area is 163 Å². The Hall–Kier alpha value is -3.62. The van der Waals surface area contributed by atoms with E-state index in [1.807, 2.05) is 0 Å². The number of benzene rings is 2. The summed E-state index contributed by atoms with van der Waals surface area (Å²) in [6.45, 7) is 0.781. The highest BCUT2D eigenvalue weighted by Gasteiger charge is 2.50. The first-order chi connectivity index (χ1) is 13.7. The largest absolute Gasteiger partial charge is 0.325 e. The van der Waals surface area contributed by atoms with Crippen LogP contribution < -0.4 is 5.32 Å². The van der Waals surface area contributed by atoms with Crippen LogP contribution in [0, 0.1) is 11.6 Å². The van der Waals surface area contributed by atoms with Gasteiger partial charge in [0, 0.05) is 18.7 Å². The molecule has 0 bridgehead atoms. The van der Waals surface area contributed by atoms with Crippen molar-refractivity contribution in [2.45, 2.75) is 12.5 Å². The lowest BCUT2D eigenvalue weighted by molar-refractivity contribution is -0.131. The number of fused-ring (bicyclic) bond motifs is 1. The van der Waals surface area contributed by atoms with Gasteiger partial charge in [-0.3, -0.25) is 24.2 Å². The van der Waals surface area contributed by atoms with E-state index < -0.39 is 40.9 Å². The number of amides is 5. The Morgan fingerprint density at radius 2 is 1.48 bits per heavy atom. The second-order valence-corrected chi connectivity index (χ2v) is 6.94. The second-order valence-electron chi connectivity index (χ2n) is 6.94. The van der Waals surface area contributed by atoms with Crippen LogP contribution in [0.3, 0.4) is 0 Å². The third-order valence-corrected chi connectivity index (χ3v) is 5.17. The lowest BCUT2D eigenvalue weighted by atomic mass is 9.91. The SMILES string of the molecule is C[C@]1(c2cc(F)ccc2F)NC(=O)N(CCN2C(=O)c3ccccc3C2=O)C1=O. The predicted octanol–water partition coefficient (Wildman–Crippen LogP) is 2.03. The Kier molecular flexibility index (Phi) is 4.18. The molecule has 2 aliphatic heterocycles. The van der Waals surface area contributed by atoms with Gasteiger partial charge >= 0.3 is 6.03 Å². The van der Waals surface area contributed by atoms with Gasteiger partial charge in [-0.1, -0.05) is 12.1 Å². The first-order valence-electron chi connectivity index (χ1n) is 8.79. The smallest absolute Gasteiger partial charge is 0.319 e. The molecule has 2 aromatic rings. The number of nitrogens with zero attached hydrogens (tertiary/aromatic N) is 2. The monoisotopic (exact) mass is 399 g/mol. The van der Waals surface area contributed by atoms with Crippen LogP contribution in [0.2, 0.25) is 0 Å². The lowest BCUT2D eigenvalue weighted by Crippen LogP contribution is -2.43. The molecule has 7 nitrogen and oxygen atoms in total. The minimum atomic E-state index is -1.80. The number of rotatable bonds is 4. The molecule has 1 N–H and O–H groups in total. The molecule has 0 spiro atoms. The summed E-state index contributed by atoms with van der Waals surface area (Å²) < 4.78 is 27.8. The summed E-state index contributed by atoms with van der Waals surface area (Å²) in [6, 6.07) is 8.10. The van der Waals surface area contributed by atoms with Gasteiger partial charge < -0.3 is 5.32 Å². The lowest BCUT2D eigenvalue weighted by Gasteiger charge is -2.23. The second kappa shape index (κ2) is 6.47. The molecule has 29 heavy (non-hydrogen) atoms. The van der Waals surface area contributed by atoms with Gasteiger partial charge in [-0.05, 0) is 37.3 Å². The van der Waals surface area contributed by atoms with E-state index in [4.69, 9.17) is 0 Å². The van der Waals surface area contributed by atoms with Crippen molar-refractivity contribution in [3.8, 4) is 0 Å². The first kappa shape index (κ1) is 18.7. The van der Waals surface area contributed by atoms with Crippen molar-refractivity contribution in [2.75, 3.05) is 13.1 Å². The fourth-order valence-electron chi connectivity index (χ4n) is 3.61. The van der Waals surface area contributed by atoms with Crippen LogP contribution in [0.5, 0.6) is 0 Å². The minimum absolute atomic E-state index is 0.215. The van der Waals surface area contributed by atoms with Crippen LogP contribution in [-0.4, -0.2) is 46.6 Å². The molecule has 4 rings (SSSR count). The van der Waals surface area contributed by atoms with E-state index in [1.165, 1.54) is 19.1 Å². The normalized spacial score (nSPS) is 21.1. The summed E-state index contributed by atoms with van der Waals surface area (Å²) in [5.74, 6) is -3.43. The molecule has 1 saturated heterocycles. The van der Waals surface area contributed by atoms with Crippen molar-refractivity contribution in [3.05, 3.63) is 70.8 Å². The van der Waals surface area contributed by atoms with Crippen LogP contribution in [-0.2, 0) is 10.3 Å². The van der Waals surface area contributed by atoms with E-state index in [0.29, 0.717) is 0 Å². The number of urea groups is 1. The number of hydrogen-bond donors (Lipinski definition) is 1. The average Bonchev–Trinajstić information content (AvgIpc) is 3.07. The van der Waals surface area contributed by atoms with Crippen molar-refractivity contribution in [2.24, 2.45) is 0 Å². The third-order valence-electron chi connectivity index (χ3n) is 5.17. The van der Waals surface area contributed by atoms with Gasteiger partial charge in [0.05, 0.1) is 11.1 Å². The van der Waals surface area contributed by atoms with Crippen LogP contribution in [0.15, 0.2) is 42.5 Å². The summed E-state index contributed by atoms with van der Waals surface area (Å²) in [6.07, 6.45) is 0. The quantitative estimate of drug-likeness (QED) is 0.630. The zero-order valence-electron chi connectivity index (χ0n) is 15.2. The fraction of sp³-hybridized carbons (Fsp3) is 0.200. The summed E-state index contributed by atoms with van der Waals surface area (Å²) in [4.78, 5) is 51.8. The van der Waals surface area contributed by atoms with E-state index in [-0.39, 0.29) is 29.8 Å². The molecule has 2 heterocycles. The zero-order chi connectivity index (χ0) is 20.9. The topological polar surface area (TPSA) is 86.8 Å². The van der Waals surface area contributed by atoms with E-state index in [1.54, 1.807) is 12.1 Å². The molecule has 148 valence electrons. The zero-order valence-corrected chi connectivity index (χ0v) is 15.2. The van der Waals surface area contributed by atoms with Gasteiger partial charge in [-0.15, -0.1) is 0 Å². The number of carbonyl (C=O) groups is 4. The summed E-state index contributed by atoms with van der Waals surface area (Å²) >= 11 is 0. The Balaban J connectivity index is 1.55. The molecule has 1 atom stereocenters. The Morgan fingerprint density at radius 3 is 2.10 bits per heavy atom. The molecule has 5 amide bonds. The van der Waals surface area contributed by atoms with Crippen molar-refractivity contribution in [3.63, 3.8) is 0 Å². The van der Waals surface area contributed by atoms with Gasteiger partial charge in [0.25, 0.3) is 17.7 Å². The van der Waals surface area contributed by atoms with Crippen molar-refractivity contribution in [1.82, 2.24) is 15.1 Å². The number of nitrogens with one attached hydrogen (secondary N) is 1. The van der Waals surface area contributed by atoms with E-state index in [2.05, 4.69) is 5.32 Å². The van der Waals surface area contributed by atoms with Crippen LogP contribution >= 0.6 is 0 Å². The van der Waals surface area contributed by atoms with E-state index in [9.17, 15) is 28.0 Å². The maximum Gasteiger partial charge on any atom is 0.325 e. The summed E-state index contributed by atoms with van der Waals surface area (Å²) in [5, 5.41) is 2.37. The number of halogens is 2. The van der Waals surface area contributed by atoms with Crippen LogP contribution in [0.4, 0.5) is 13.6 Å². The van der Waals surface area contributed by atoms with E-state index in [0.717, 1.165) is 28.0 Å². The molecular weight excluding hydrogens is 384 g/mol. The van der Waals surface area contributed by atoms with Gasteiger partial charge in [0.2, 0.25) is 0 Å². The standard InChI is InChI=1S/C20H15F2N3O4/c1-20(14-10-11(21)6-7-15(14)22)18(28)25(19(29)23-20)9-8-24-16(26)12-4-2-3-5-13(12)17(24)27/h2-7,10H,8-9H2,1H3,(H,23,29)/t20-/m1/s1. The molecule has 2 aliphatic rings. The Morgan fingerprint density at radius 1 is 0.897 bits per heavy atom. The number of carbonyl (C=O) groups excluding carboxylic acids is 4. The van der Waals surface area contributed by atoms with Gasteiger partial charge in [-0.2, -0.15) is 0 Å². The molecule has 1 fully saturated rings. The predicted molar refractivity (Wildman–Crippen MR) is 95.8 cm³/mol. The minimum Gasteiger partial charge on any atom is -0.319 e. The van der Waals surface area contributed by atoms with Crippen molar-refractivity contribution < 1.29 is 28.0 Å². The van der Waals surface area contributed by atoms with Gasteiger partial charge in [-0.25, -0.2) is 13.6 Å². The fourth-order valence-corrected chi connectivity index (χ4v) is 3.61. The number of hydrogen-bond acceptors (Lipinski definition) is 4. The maximum absolute atomic E-state index is 14.2. The average molecular weight is 399 g/mol. The Bertz CT molecular complexity index is 1050. The molecule has 0 radical (unpaired) electrons. The van der Waals surface area contributed by atoms with Gasteiger partial charge in [0.1, 0.15) is 17.2 Å². The highest BCUT2D eigenvalue weighted by Crippen LogP contribution is 2.31. The highest BCUT2D eigenvalue weighted by molar-refractivity contribution is 6.21. The first-order valence-corrected chi connectivity index (χ1v) is 8.79. The molecule has 9 heteroatoms. The summed E-state index contributed by atoms with van der Waals surface area (Å²) in [5.41, 5.74) is -1.60. The summed E-state index contributed by atoms with van der Waals surface area (Å²) in [7, 11) is 0. The van der Waals surface area contributed by atoms with Gasteiger partial charge in [0.15, 0.2) is 0 Å². The third kappa shape index (κ3) is 2.77. The number of imide groups is 2. The van der Waals surface area contributed by atoms with Crippen LogP contribution in [0.25, 0.3) is 0 Å². The molecule has 0 aromatic heterocycles. The van der Waals surface area contributed by atoms with Crippen molar-refractivity contribution in [1.29, 1.82) is 0 Å². The van der Waals surface area contributed by atoms with E-state index >= 15 is 0 Å². The van der Waals surface area contributed by atoms with Crippen LogP contribution in [0.1, 0.15) is 33.2 Å².